The summed E-state index contributed by atoms with van der Waals surface area (Å²) in [7, 11) is 0. The van der Waals surface area contributed by atoms with E-state index in [4.69, 9.17) is 5.11 Å². The van der Waals surface area contributed by atoms with Crippen LogP contribution in [-0.2, 0) is 9.59 Å². The molecule has 7 nitrogen and oxygen atoms in total. The van der Waals surface area contributed by atoms with Gasteiger partial charge in [0.25, 0.3) is 0 Å². The Kier molecular flexibility index (Phi) is 4.81. The largest absolute Gasteiger partial charge is 0.481 e. The minimum absolute atomic E-state index is 0.0765. The number of likely N-dealkylation sites (tertiary alicyclic amines) is 2. The number of nitrogens with one attached hydrogen (secondary N) is 1. The van der Waals surface area contributed by atoms with Crippen molar-refractivity contribution in [3.05, 3.63) is 0 Å². The van der Waals surface area contributed by atoms with Crippen LogP contribution in [0.1, 0.15) is 25.7 Å². The molecule has 3 amide bonds. The fourth-order valence-corrected chi connectivity index (χ4v) is 2.66. The van der Waals surface area contributed by atoms with Gasteiger partial charge in [-0.25, -0.2) is 4.79 Å². The Bertz CT molecular complexity index is 393. The molecule has 0 spiro atoms. The number of carboxylic acid groups (broad SMARTS) is 1. The van der Waals surface area contributed by atoms with Gasteiger partial charge in [-0.1, -0.05) is 0 Å². The van der Waals surface area contributed by atoms with Gasteiger partial charge >= 0.3 is 12.0 Å². The highest BCUT2D eigenvalue weighted by Crippen LogP contribution is 2.16. The number of hydrogen-bond donors (Lipinski definition) is 2. The van der Waals surface area contributed by atoms with Crippen molar-refractivity contribution < 1.29 is 19.5 Å². The normalized spacial score (nSPS) is 22.1. The monoisotopic (exact) mass is 283 g/mol. The Morgan fingerprint density at radius 2 is 1.80 bits per heavy atom. The van der Waals surface area contributed by atoms with Crippen molar-refractivity contribution in [3.8, 4) is 0 Å². The van der Waals surface area contributed by atoms with Crippen LogP contribution in [0, 0.1) is 5.92 Å². The van der Waals surface area contributed by atoms with E-state index in [9.17, 15) is 14.4 Å². The molecule has 7 heteroatoms. The number of amides is 3. The number of nitrogens with zero attached hydrogens (tertiary/aromatic N) is 2. The van der Waals surface area contributed by atoms with E-state index in [2.05, 4.69) is 5.32 Å². The molecule has 0 radical (unpaired) electrons. The average molecular weight is 283 g/mol. The van der Waals surface area contributed by atoms with Gasteiger partial charge in [0.15, 0.2) is 0 Å². The van der Waals surface area contributed by atoms with E-state index >= 15 is 0 Å². The van der Waals surface area contributed by atoms with Gasteiger partial charge < -0.3 is 20.2 Å². The molecule has 2 heterocycles. The van der Waals surface area contributed by atoms with Crippen LogP contribution < -0.4 is 5.32 Å². The van der Waals surface area contributed by atoms with Gasteiger partial charge in [0, 0.05) is 39.1 Å². The predicted molar refractivity (Wildman–Crippen MR) is 71.1 cm³/mol. The molecule has 2 N–H and O–H groups in total. The van der Waals surface area contributed by atoms with Gasteiger partial charge in [0.2, 0.25) is 5.91 Å². The molecule has 2 rings (SSSR count). The Labute approximate surface area is 117 Å². The zero-order chi connectivity index (χ0) is 14.5. The summed E-state index contributed by atoms with van der Waals surface area (Å²) in [6, 6.07) is -0.275. The van der Waals surface area contributed by atoms with Crippen LogP contribution in [0.5, 0.6) is 0 Å². The lowest BCUT2D eigenvalue weighted by Gasteiger charge is -2.18. The summed E-state index contributed by atoms with van der Waals surface area (Å²) in [4.78, 5) is 37.7. The van der Waals surface area contributed by atoms with Crippen molar-refractivity contribution in [2.24, 2.45) is 5.92 Å². The van der Waals surface area contributed by atoms with Crippen LogP contribution in [-0.4, -0.2) is 65.5 Å². The second kappa shape index (κ2) is 6.58. The quantitative estimate of drug-likeness (QED) is 0.766. The average Bonchev–Trinajstić information content (AvgIpc) is 3.09. The van der Waals surface area contributed by atoms with E-state index in [1.165, 1.54) is 4.90 Å². The lowest BCUT2D eigenvalue weighted by molar-refractivity contribution is -0.141. The zero-order valence-corrected chi connectivity index (χ0v) is 11.5. The summed E-state index contributed by atoms with van der Waals surface area (Å²) in [6.07, 6.45) is 2.92. The van der Waals surface area contributed by atoms with E-state index in [0.29, 0.717) is 25.9 Å². The van der Waals surface area contributed by atoms with E-state index in [1.807, 2.05) is 4.90 Å². The number of aliphatic carboxylic acids is 1. The van der Waals surface area contributed by atoms with Gasteiger partial charge in [-0.05, 0) is 19.3 Å². The smallest absolute Gasteiger partial charge is 0.317 e. The van der Waals surface area contributed by atoms with E-state index in [0.717, 1.165) is 25.9 Å². The Morgan fingerprint density at radius 1 is 1.10 bits per heavy atom. The van der Waals surface area contributed by atoms with Crippen LogP contribution in [0.25, 0.3) is 0 Å². The molecule has 0 bridgehead atoms. The standard InChI is InChI=1S/C13H21N3O4/c17-11(15-6-1-2-7-15)3-5-14-13(20)16-8-4-10(9-16)12(18)19/h10H,1-9H2,(H,14,20)(H,18,19). The fourth-order valence-electron chi connectivity index (χ4n) is 2.66. The maximum Gasteiger partial charge on any atom is 0.317 e. The highest BCUT2D eigenvalue weighted by molar-refractivity contribution is 5.79. The third kappa shape index (κ3) is 3.61. The first kappa shape index (κ1) is 14.6. The molecule has 1 unspecified atom stereocenters. The highest BCUT2D eigenvalue weighted by atomic mass is 16.4. The summed E-state index contributed by atoms with van der Waals surface area (Å²) in [5.41, 5.74) is 0. The van der Waals surface area contributed by atoms with E-state index < -0.39 is 11.9 Å². The van der Waals surface area contributed by atoms with Gasteiger partial charge in [-0.15, -0.1) is 0 Å². The zero-order valence-electron chi connectivity index (χ0n) is 11.5. The van der Waals surface area contributed by atoms with Crippen molar-refractivity contribution in [1.29, 1.82) is 0 Å². The lowest BCUT2D eigenvalue weighted by Crippen LogP contribution is -2.40. The highest BCUT2D eigenvalue weighted by Gasteiger charge is 2.30. The minimum Gasteiger partial charge on any atom is -0.481 e. The number of carbonyl (C=O) groups is 3. The van der Waals surface area contributed by atoms with Crippen molar-refractivity contribution in [1.82, 2.24) is 15.1 Å². The Hall–Kier alpha value is -1.79. The van der Waals surface area contributed by atoms with Crippen LogP contribution in [0.15, 0.2) is 0 Å². The molecule has 2 aliphatic heterocycles. The summed E-state index contributed by atoms with van der Waals surface area (Å²) < 4.78 is 0. The molecule has 0 saturated carbocycles. The van der Waals surface area contributed by atoms with E-state index in [1.54, 1.807) is 0 Å². The third-order valence-electron chi connectivity index (χ3n) is 3.90. The number of hydrogen-bond acceptors (Lipinski definition) is 3. The maximum atomic E-state index is 11.8. The van der Waals surface area contributed by atoms with Crippen molar-refractivity contribution >= 4 is 17.9 Å². The predicted octanol–water partition coefficient (Wildman–Crippen LogP) is 0.115. The molecule has 0 aromatic rings. The number of carbonyl (C=O) groups excluding carboxylic acids is 2. The minimum atomic E-state index is -0.857. The number of rotatable bonds is 4. The third-order valence-corrected chi connectivity index (χ3v) is 3.90. The molecule has 0 aliphatic carbocycles. The molecule has 112 valence electrons. The topological polar surface area (TPSA) is 90.0 Å². The SMILES string of the molecule is O=C(O)C1CCN(C(=O)NCCC(=O)N2CCCC2)C1. The molecule has 0 aromatic carbocycles. The van der Waals surface area contributed by atoms with Crippen LogP contribution in [0.3, 0.4) is 0 Å². The summed E-state index contributed by atoms with van der Waals surface area (Å²) in [6.45, 7) is 2.66. The first-order chi connectivity index (χ1) is 9.58. The lowest BCUT2D eigenvalue weighted by atomic mass is 10.1. The van der Waals surface area contributed by atoms with Gasteiger partial charge in [-0.3, -0.25) is 9.59 Å². The first-order valence-corrected chi connectivity index (χ1v) is 7.11. The molecular formula is C13H21N3O4. The van der Waals surface area contributed by atoms with Crippen LogP contribution in [0.4, 0.5) is 4.79 Å². The first-order valence-electron chi connectivity index (χ1n) is 7.11. The van der Waals surface area contributed by atoms with Crippen molar-refractivity contribution in [3.63, 3.8) is 0 Å². The van der Waals surface area contributed by atoms with Crippen LogP contribution in [0.2, 0.25) is 0 Å². The second-order valence-corrected chi connectivity index (χ2v) is 5.34. The number of urea groups is 1. The van der Waals surface area contributed by atoms with Gasteiger partial charge in [0.1, 0.15) is 0 Å². The molecule has 20 heavy (non-hydrogen) atoms. The fraction of sp³-hybridized carbons (Fsp3) is 0.769. The summed E-state index contributed by atoms with van der Waals surface area (Å²) >= 11 is 0. The van der Waals surface area contributed by atoms with Crippen molar-refractivity contribution in [2.75, 3.05) is 32.7 Å². The second-order valence-electron chi connectivity index (χ2n) is 5.34. The van der Waals surface area contributed by atoms with Gasteiger partial charge in [0.05, 0.1) is 5.92 Å². The summed E-state index contributed by atoms with van der Waals surface area (Å²) in [5, 5.41) is 11.6. The van der Waals surface area contributed by atoms with Crippen molar-refractivity contribution in [2.45, 2.75) is 25.7 Å². The Balaban J connectivity index is 1.65. The molecular weight excluding hydrogens is 262 g/mol. The van der Waals surface area contributed by atoms with E-state index in [-0.39, 0.29) is 18.5 Å². The Morgan fingerprint density at radius 3 is 2.40 bits per heavy atom. The maximum absolute atomic E-state index is 11.8. The molecule has 1 atom stereocenters. The molecule has 2 saturated heterocycles. The number of carboxylic acids is 1. The molecule has 0 aromatic heterocycles. The molecule has 2 fully saturated rings. The molecule has 2 aliphatic rings. The van der Waals surface area contributed by atoms with Gasteiger partial charge in [-0.2, -0.15) is 0 Å². The van der Waals surface area contributed by atoms with Crippen LogP contribution >= 0.6 is 0 Å². The summed E-state index contributed by atoms with van der Waals surface area (Å²) in [5.74, 6) is -1.25.